The second-order valence-corrected chi connectivity index (χ2v) is 8.62. The molecule has 1 aliphatic rings. The lowest BCUT2D eigenvalue weighted by Gasteiger charge is -2.23. The van der Waals surface area contributed by atoms with Crippen LogP contribution in [0.1, 0.15) is 28.4 Å². The normalized spacial score (nSPS) is 14.9. The van der Waals surface area contributed by atoms with Crippen molar-refractivity contribution in [3.8, 4) is 17.1 Å². The number of amides is 3. The molecule has 3 aromatic rings. The molecule has 0 aliphatic carbocycles. The van der Waals surface area contributed by atoms with Gasteiger partial charge in [-0.15, -0.1) is 10.2 Å². The van der Waals surface area contributed by atoms with E-state index < -0.39 is 12.9 Å². The zero-order valence-electron chi connectivity index (χ0n) is 24.9. The number of aryl methyl sites for hydroxylation is 1. The largest absolute Gasteiger partial charge is 0.494 e. The molecule has 38 heavy (non-hydrogen) atoms. The number of benzene rings is 1. The second-order valence-electron chi connectivity index (χ2n) is 8.62. The number of aromatic nitrogens is 5. The van der Waals surface area contributed by atoms with Crippen LogP contribution in [0.2, 0.25) is 0 Å². The van der Waals surface area contributed by atoms with Crippen LogP contribution in [0.3, 0.4) is 0 Å². The molecular formula is C25H34N10O3. The average Bonchev–Trinajstić information content (AvgIpc) is 3.53. The third-order valence-corrected chi connectivity index (χ3v) is 6.39. The summed E-state index contributed by atoms with van der Waals surface area (Å²) >= 11 is 0. The Morgan fingerprint density at radius 2 is 2.03 bits per heavy atom. The first kappa shape index (κ1) is 22.9. The van der Waals surface area contributed by atoms with E-state index in [1.54, 1.807) is 41.2 Å². The van der Waals surface area contributed by atoms with E-state index in [2.05, 4.69) is 44.3 Å². The fraction of sp³-hybridized carbons (Fsp3) is 0.440. The maximum Gasteiger partial charge on any atom is 0.325 e. The lowest BCUT2D eigenvalue weighted by atomic mass is 10.1. The first-order chi connectivity index (χ1) is 19.5. The Kier molecular flexibility index (Phi) is 7.15. The van der Waals surface area contributed by atoms with Crippen LogP contribution in [0, 0.1) is 0 Å². The van der Waals surface area contributed by atoms with E-state index in [1.807, 2.05) is 5.32 Å². The van der Waals surface area contributed by atoms with Gasteiger partial charge in [0.15, 0.2) is 23.1 Å². The number of anilines is 3. The summed E-state index contributed by atoms with van der Waals surface area (Å²) in [6.07, 6.45) is 1.56. The van der Waals surface area contributed by atoms with Crippen molar-refractivity contribution in [3.63, 3.8) is 0 Å². The Labute approximate surface area is 226 Å². The highest BCUT2D eigenvalue weighted by Crippen LogP contribution is 2.37. The number of ether oxygens (including phenoxy) is 1. The van der Waals surface area contributed by atoms with Crippen LogP contribution >= 0.6 is 0 Å². The van der Waals surface area contributed by atoms with Crippen molar-refractivity contribution in [2.24, 2.45) is 7.05 Å². The summed E-state index contributed by atoms with van der Waals surface area (Å²) in [5, 5.41) is 17.6. The topological polar surface area (TPSA) is 134 Å². The smallest absolute Gasteiger partial charge is 0.325 e. The highest BCUT2D eigenvalue weighted by Gasteiger charge is 2.31. The Morgan fingerprint density at radius 3 is 2.71 bits per heavy atom. The Morgan fingerprint density at radius 1 is 1.21 bits per heavy atom. The van der Waals surface area contributed by atoms with Gasteiger partial charge in [-0.3, -0.25) is 14.4 Å². The number of methoxy groups -OCH3 is 1. The van der Waals surface area contributed by atoms with Gasteiger partial charge in [0.2, 0.25) is 0 Å². The molecule has 2 N–H and O–H groups in total. The van der Waals surface area contributed by atoms with Gasteiger partial charge in [0, 0.05) is 50.4 Å². The predicted octanol–water partition coefficient (Wildman–Crippen LogP) is 1.97. The minimum Gasteiger partial charge on any atom is -0.494 e. The summed E-state index contributed by atoms with van der Waals surface area (Å²) in [4.78, 5) is 35.9. The second kappa shape index (κ2) is 11.9. The molecule has 1 fully saturated rings. The summed E-state index contributed by atoms with van der Waals surface area (Å²) in [7, 11) is 3.23. The quantitative estimate of drug-likeness (QED) is 0.385. The van der Waals surface area contributed by atoms with Crippen LogP contribution in [0.5, 0.6) is 5.75 Å². The molecule has 0 atom stereocenters. The Bertz CT molecular complexity index is 1390. The molecule has 202 valence electrons. The number of rotatable bonds is 11. The zero-order chi connectivity index (χ0) is 29.7. The van der Waals surface area contributed by atoms with Gasteiger partial charge in [0.1, 0.15) is 6.33 Å². The molecule has 0 spiro atoms. The van der Waals surface area contributed by atoms with Crippen LogP contribution in [0.15, 0.2) is 30.6 Å². The fourth-order valence-electron chi connectivity index (χ4n) is 4.28. The SMILES string of the molecule is [2H]C([2H])([2H])NC(=O)c1nnc(N2CCN(CCN(CC)CC)C2=O)cc1Nc1cccc(-c2ncn(C)n2)c1OC. The summed E-state index contributed by atoms with van der Waals surface area (Å²) < 4.78 is 29.6. The van der Waals surface area contributed by atoms with Crippen LogP contribution in [-0.4, -0.2) is 100 Å². The van der Waals surface area contributed by atoms with Gasteiger partial charge in [0.25, 0.3) is 5.91 Å². The molecule has 3 amide bonds. The van der Waals surface area contributed by atoms with Crippen molar-refractivity contribution in [2.75, 3.05) is 63.6 Å². The van der Waals surface area contributed by atoms with Gasteiger partial charge in [-0.05, 0) is 25.2 Å². The number of likely N-dealkylation sites (N-methyl/N-ethyl adjacent to an activating group) is 1. The van der Waals surface area contributed by atoms with Gasteiger partial charge in [-0.25, -0.2) is 9.78 Å². The lowest BCUT2D eigenvalue weighted by molar-refractivity contribution is 0.0958. The van der Waals surface area contributed by atoms with E-state index >= 15 is 0 Å². The number of para-hydroxylation sites is 1. The molecule has 1 aliphatic heterocycles. The van der Waals surface area contributed by atoms with E-state index in [9.17, 15) is 9.59 Å². The number of carbonyl (C=O) groups is 2. The summed E-state index contributed by atoms with van der Waals surface area (Å²) in [5.41, 5.74) is 0.897. The maximum absolute atomic E-state index is 13.2. The van der Waals surface area contributed by atoms with Gasteiger partial charge < -0.3 is 25.2 Å². The van der Waals surface area contributed by atoms with E-state index in [-0.39, 0.29) is 23.2 Å². The molecule has 0 radical (unpaired) electrons. The van der Waals surface area contributed by atoms with E-state index in [4.69, 9.17) is 8.85 Å². The van der Waals surface area contributed by atoms with E-state index in [0.29, 0.717) is 42.5 Å². The summed E-state index contributed by atoms with van der Waals surface area (Å²) in [6.45, 7) is 5.41. The van der Waals surface area contributed by atoms with E-state index in [0.717, 1.165) is 19.6 Å². The molecule has 0 saturated carbocycles. The first-order valence-electron chi connectivity index (χ1n) is 13.8. The molecule has 1 aromatic carbocycles. The zero-order valence-corrected chi connectivity index (χ0v) is 21.9. The van der Waals surface area contributed by atoms with Crippen molar-refractivity contribution in [3.05, 3.63) is 36.3 Å². The highest BCUT2D eigenvalue weighted by atomic mass is 16.5. The molecule has 13 nitrogen and oxygen atoms in total. The minimum atomic E-state index is -2.74. The number of nitrogens with zero attached hydrogens (tertiary/aromatic N) is 8. The molecule has 0 unspecified atom stereocenters. The van der Waals surface area contributed by atoms with Crippen molar-refractivity contribution in [2.45, 2.75) is 13.8 Å². The average molecular weight is 526 g/mol. The molecule has 1 saturated heterocycles. The number of carbonyl (C=O) groups excluding carboxylic acids is 2. The standard InChI is InChI=1S/C25H34N10O3/c1-6-33(7-2)11-12-34-13-14-35(25(34)37)20-15-19(21(30-29-20)24(36)26-3)28-18-10-8-9-17(22(18)38-5)23-27-16-32(4)31-23/h8-10,15-16H,6-7,11-14H2,1-5H3,(H,26,36)(H,28,29)/i3D3. The van der Waals surface area contributed by atoms with Crippen LogP contribution in [0.4, 0.5) is 22.0 Å². The molecule has 3 heterocycles. The van der Waals surface area contributed by atoms with Crippen molar-refractivity contribution >= 4 is 29.1 Å². The van der Waals surface area contributed by atoms with Crippen molar-refractivity contribution in [1.29, 1.82) is 0 Å². The van der Waals surface area contributed by atoms with Crippen LogP contribution in [0.25, 0.3) is 11.4 Å². The third-order valence-electron chi connectivity index (χ3n) is 6.39. The van der Waals surface area contributed by atoms with Gasteiger partial charge >= 0.3 is 6.03 Å². The van der Waals surface area contributed by atoms with Gasteiger partial charge in [0.05, 0.1) is 24.0 Å². The summed E-state index contributed by atoms with van der Waals surface area (Å²) in [5.74, 6) is 0.0740. The third kappa shape index (κ3) is 5.52. The molecule has 13 heteroatoms. The Balaban J connectivity index is 1.68. The fourth-order valence-corrected chi connectivity index (χ4v) is 4.28. The van der Waals surface area contributed by atoms with Gasteiger partial charge in [-0.1, -0.05) is 19.9 Å². The van der Waals surface area contributed by atoms with Crippen LogP contribution < -0.4 is 20.3 Å². The van der Waals surface area contributed by atoms with Crippen molar-refractivity contribution < 1.29 is 18.4 Å². The highest BCUT2D eigenvalue weighted by molar-refractivity contribution is 6.00. The maximum atomic E-state index is 13.2. The number of hydrogen-bond acceptors (Lipinski definition) is 9. The Hall–Kier alpha value is -4.26. The first-order valence-corrected chi connectivity index (χ1v) is 12.3. The summed E-state index contributed by atoms with van der Waals surface area (Å²) in [6, 6.07) is 6.53. The lowest BCUT2D eigenvalue weighted by Crippen LogP contribution is -2.38. The number of hydrogen-bond donors (Lipinski definition) is 2. The van der Waals surface area contributed by atoms with E-state index in [1.165, 1.54) is 18.1 Å². The predicted molar refractivity (Wildman–Crippen MR) is 144 cm³/mol. The van der Waals surface area contributed by atoms with Crippen molar-refractivity contribution in [1.82, 2.24) is 40.1 Å². The number of nitrogens with one attached hydrogen (secondary N) is 2. The van der Waals surface area contributed by atoms with Gasteiger partial charge in [-0.2, -0.15) is 5.10 Å². The van der Waals surface area contributed by atoms with Crippen LogP contribution in [-0.2, 0) is 7.05 Å². The number of urea groups is 1. The molecule has 2 aromatic heterocycles. The molecule has 4 rings (SSSR count). The minimum absolute atomic E-state index is 0.135. The molecular weight excluding hydrogens is 488 g/mol. The molecule has 0 bridgehead atoms. The monoisotopic (exact) mass is 525 g/mol.